The predicted octanol–water partition coefficient (Wildman–Crippen LogP) is 4.37. The lowest BCUT2D eigenvalue weighted by Gasteiger charge is -2.20. The first-order valence-electron chi connectivity index (χ1n) is 7.01. The molecule has 2 aromatic rings. The van der Waals surface area contributed by atoms with Crippen molar-refractivity contribution < 1.29 is 4.74 Å². The molecule has 0 fully saturated rings. The van der Waals surface area contributed by atoms with E-state index in [2.05, 4.69) is 26.8 Å². The second kappa shape index (κ2) is 5.60. The van der Waals surface area contributed by atoms with Crippen molar-refractivity contribution in [1.82, 2.24) is 0 Å². The van der Waals surface area contributed by atoms with E-state index >= 15 is 0 Å². The van der Waals surface area contributed by atoms with Crippen LogP contribution in [-0.4, -0.2) is 5.84 Å². The highest BCUT2D eigenvalue weighted by Gasteiger charge is 2.15. The van der Waals surface area contributed by atoms with Gasteiger partial charge in [-0.05, 0) is 41.7 Å². The Hall–Kier alpha value is -2.29. The molecule has 0 radical (unpaired) electrons. The zero-order valence-electron chi connectivity index (χ0n) is 13.0. The largest absolute Gasteiger partial charge is 0.456 e. The fourth-order valence-corrected chi connectivity index (χ4v) is 2.14. The number of hydrogen-bond donors (Lipinski definition) is 2. The number of amidine groups is 1. The van der Waals surface area contributed by atoms with Gasteiger partial charge in [0.1, 0.15) is 17.3 Å². The molecule has 0 aromatic heterocycles. The Morgan fingerprint density at radius 1 is 1.10 bits per heavy atom. The summed E-state index contributed by atoms with van der Waals surface area (Å²) in [7, 11) is 0. The minimum Gasteiger partial charge on any atom is -0.456 e. The van der Waals surface area contributed by atoms with Crippen LogP contribution in [-0.2, 0) is 5.41 Å². The summed E-state index contributed by atoms with van der Waals surface area (Å²) in [6.07, 6.45) is 0. The quantitative estimate of drug-likeness (QED) is 0.648. The Kier molecular flexibility index (Phi) is 4.03. The summed E-state index contributed by atoms with van der Waals surface area (Å²) in [5.41, 5.74) is 8.49. The number of aryl methyl sites for hydroxylation is 1. The van der Waals surface area contributed by atoms with Crippen LogP contribution in [0, 0.1) is 12.3 Å². The number of para-hydroxylation sites is 1. The maximum Gasteiger partial charge on any atom is 0.141 e. The lowest BCUT2D eigenvalue weighted by Crippen LogP contribution is -2.13. The van der Waals surface area contributed by atoms with Crippen LogP contribution in [0.2, 0.25) is 0 Å². The topological polar surface area (TPSA) is 59.1 Å². The van der Waals surface area contributed by atoms with Gasteiger partial charge in [0.25, 0.3) is 0 Å². The smallest absolute Gasteiger partial charge is 0.141 e. The monoisotopic (exact) mass is 282 g/mol. The van der Waals surface area contributed by atoms with Gasteiger partial charge in [0, 0.05) is 0 Å². The van der Waals surface area contributed by atoms with Crippen molar-refractivity contribution in [2.24, 2.45) is 5.73 Å². The molecule has 3 nitrogen and oxygen atoms in total. The first-order chi connectivity index (χ1) is 9.79. The number of ether oxygens (including phenoxy) is 1. The Bertz CT molecular complexity index is 669. The predicted molar refractivity (Wildman–Crippen MR) is 87.4 cm³/mol. The van der Waals surface area contributed by atoms with E-state index in [1.165, 1.54) is 5.56 Å². The van der Waals surface area contributed by atoms with Gasteiger partial charge in [-0.1, -0.05) is 45.0 Å². The number of rotatable bonds is 3. The summed E-state index contributed by atoms with van der Waals surface area (Å²) in [5.74, 6) is 1.43. The van der Waals surface area contributed by atoms with Crippen molar-refractivity contribution in [3.05, 3.63) is 59.2 Å². The van der Waals surface area contributed by atoms with Gasteiger partial charge in [0.05, 0.1) is 5.56 Å². The van der Waals surface area contributed by atoms with Crippen LogP contribution in [0.25, 0.3) is 0 Å². The average Bonchev–Trinajstić information content (AvgIpc) is 2.40. The van der Waals surface area contributed by atoms with Crippen LogP contribution in [0.5, 0.6) is 11.5 Å². The molecule has 0 saturated heterocycles. The third-order valence-corrected chi connectivity index (χ3v) is 3.42. The van der Waals surface area contributed by atoms with E-state index in [9.17, 15) is 0 Å². The number of benzene rings is 2. The van der Waals surface area contributed by atoms with Crippen LogP contribution < -0.4 is 10.5 Å². The number of nitrogen functional groups attached to an aromatic ring is 1. The highest BCUT2D eigenvalue weighted by atomic mass is 16.5. The molecule has 0 atom stereocenters. The summed E-state index contributed by atoms with van der Waals surface area (Å²) in [6.45, 7) is 8.46. The standard InChI is InChI=1S/C18H22N2O/c1-12-7-5-10-15(17(19)20)16(12)21-14-9-6-8-13(11-14)18(2,3)4/h5-11H,1-4H3,(H3,19,20). The molecule has 2 rings (SSSR count). The van der Waals surface area contributed by atoms with E-state index < -0.39 is 0 Å². The summed E-state index contributed by atoms with van der Waals surface area (Å²) in [6, 6.07) is 13.7. The zero-order chi connectivity index (χ0) is 15.6. The third kappa shape index (κ3) is 3.43. The first kappa shape index (κ1) is 15.1. The van der Waals surface area contributed by atoms with E-state index in [0.29, 0.717) is 11.3 Å². The molecule has 3 heteroatoms. The molecule has 3 N–H and O–H groups in total. The second-order valence-electron chi connectivity index (χ2n) is 6.25. The van der Waals surface area contributed by atoms with E-state index in [0.717, 1.165) is 11.3 Å². The number of nitrogens with two attached hydrogens (primary N) is 1. The van der Waals surface area contributed by atoms with Gasteiger partial charge in [-0.25, -0.2) is 0 Å². The maximum absolute atomic E-state index is 7.68. The highest BCUT2D eigenvalue weighted by molar-refractivity contribution is 5.98. The minimum absolute atomic E-state index is 0.0145. The molecule has 2 aromatic carbocycles. The van der Waals surface area contributed by atoms with E-state index in [1.807, 2.05) is 37.3 Å². The van der Waals surface area contributed by atoms with Crippen molar-refractivity contribution in [3.8, 4) is 11.5 Å². The molecule has 0 unspecified atom stereocenters. The van der Waals surface area contributed by atoms with Crippen LogP contribution in [0.15, 0.2) is 42.5 Å². The molecule has 0 saturated carbocycles. The summed E-state index contributed by atoms with van der Waals surface area (Å²) in [4.78, 5) is 0. The number of hydrogen-bond acceptors (Lipinski definition) is 2. The zero-order valence-corrected chi connectivity index (χ0v) is 13.0. The van der Waals surface area contributed by atoms with Gasteiger partial charge in [0.2, 0.25) is 0 Å². The lowest BCUT2D eigenvalue weighted by atomic mass is 9.87. The molecule has 0 spiro atoms. The van der Waals surface area contributed by atoms with Gasteiger partial charge < -0.3 is 10.5 Å². The Morgan fingerprint density at radius 2 is 1.76 bits per heavy atom. The average molecular weight is 282 g/mol. The van der Waals surface area contributed by atoms with Crippen LogP contribution in [0.3, 0.4) is 0 Å². The lowest BCUT2D eigenvalue weighted by molar-refractivity contribution is 0.474. The summed E-state index contributed by atoms with van der Waals surface area (Å²) < 4.78 is 6.02. The van der Waals surface area contributed by atoms with Crippen LogP contribution in [0.4, 0.5) is 0 Å². The molecule has 0 aliphatic carbocycles. The van der Waals surface area contributed by atoms with E-state index in [4.69, 9.17) is 15.9 Å². The summed E-state index contributed by atoms with van der Waals surface area (Å²) >= 11 is 0. The second-order valence-corrected chi connectivity index (χ2v) is 6.25. The third-order valence-electron chi connectivity index (χ3n) is 3.42. The van der Waals surface area contributed by atoms with Gasteiger partial charge in [-0.15, -0.1) is 0 Å². The number of nitrogens with one attached hydrogen (secondary N) is 1. The molecule has 0 amide bonds. The molecule has 110 valence electrons. The van der Waals surface area contributed by atoms with Gasteiger partial charge >= 0.3 is 0 Å². The van der Waals surface area contributed by atoms with Crippen LogP contribution >= 0.6 is 0 Å². The summed E-state index contributed by atoms with van der Waals surface area (Å²) in [5, 5.41) is 7.68. The van der Waals surface area contributed by atoms with Crippen molar-refractivity contribution in [2.45, 2.75) is 33.1 Å². The van der Waals surface area contributed by atoms with Crippen molar-refractivity contribution in [1.29, 1.82) is 5.41 Å². The fourth-order valence-electron chi connectivity index (χ4n) is 2.14. The van der Waals surface area contributed by atoms with Crippen molar-refractivity contribution in [3.63, 3.8) is 0 Å². The maximum atomic E-state index is 7.68. The van der Waals surface area contributed by atoms with Crippen LogP contribution in [0.1, 0.15) is 37.5 Å². The van der Waals surface area contributed by atoms with Gasteiger partial charge in [-0.2, -0.15) is 0 Å². The molecule has 0 bridgehead atoms. The molecule has 0 aliphatic heterocycles. The SMILES string of the molecule is Cc1cccc(C(=N)N)c1Oc1cccc(C(C)(C)C)c1. The Labute approximate surface area is 126 Å². The molecule has 0 aliphatic rings. The molecular formula is C18H22N2O. The highest BCUT2D eigenvalue weighted by Crippen LogP contribution is 2.31. The Balaban J connectivity index is 2.42. The first-order valence-corrected chi connectivity index (χ1v) is 7.01. The minimum atomic E-state index is 0.0145. The van der Waals surface area contributed by atoms with Gasteiger partial charge in [-0.3, -0.25) is 5.41 Å². The normalized spacial score (nSPS) is 11.2. The van der Waals surface area contributed by atoms with E-state index in [-0.39, 0.29) is 11.3 Å². The molecular weight excluding hydrogens is 260 g/mol. The Morgan fingerprint density at radius 3 is 2.38 bits per heavy atom. The van der Waals surface area contributed by atoms with E-state index in [1.54, 1.807) is 6.07 Å². The van der Waals surface area contributed by atoms with Crippen molar-refractivity contribution in [2.75, 3.05) is 0 Å². The van der Waals surface area contributed by atoms with Crippen molar-refractivity contribution >= 4 is 5.84 Å². The fraction of sp³-hybridized carbons (Fsp3) is 0.278. The molecule has 21 heavy (non-hydrogen) atoms. The molecule has 0 heterocycles. The van der Waals surface area contributed by atoms with Gasteiger partial charge in [0.15, 0.2) is 0 Å².